The standard InChI is InChI=1S/C27H25ClN4O2/c28-21-12-13-25(29-15-21)30-26(33)20-9-6-14-31(17-20)27(34)23-18-32(16-19-7-2-1-3-8-19)24-11-5-4-10-22(23)24/h1-5,7-8,10-13,15,18,20H,6,9,14,16-17H2,(H,29,30,33). The summed E-state index contributed by atoms with van der Waals surface area (Å²) in [5, 5.41) is 4.29. The lowest BCUT2D eigenvalue weighted by atomic mass is 9.96. The number of aromatic nitrogens is 2. The van der Waals surface area contributed by atoms with Gasteiger partial charge >= 0.3 is 0 Å². The average molecular weight is 473 g/mol. The number of carbonyl (C=O) groups excluding carboxylic acids is 2. The van der Waals surface area contributed by atoms with Crippen molar-refractivity contribution in [3.63, 3.8) is 0 Å². The van der Waals surface area contributed by atoms with Crippen molar-refractivity contribution < 1.29 is 9.59 Å². The van der Waals surface area contributed by atoms with Crippen LogP contribution in [0.15, 0.2) is 79.1 Å². The van der Waals surface area contributed by atoms with Gasteiger partial charge in [-0.2, -0.15) is 0 Å². The number of carbonyl (C=O) groups is 2. The van der Waals surface area contributed by atoms with Crippen LogP contribution in [0, 0.1) is 5.92 Å². The van der Waals surface area contributed by atoms with Gasteiger partial charge in [0, 0.05) is 42.9 Å². The molecule has 1 N–H and O–H groups in total. The van der Waals surface area contributed by atoms with Crippen molar-refractivity contribution in [2.24, 2.45) is 5.92 Å². The van der Waals surface area contributed by atoms with Crippen LogP contribution >= 0.6 is 11.6 Å². The number of hydrogen-bond donors (Lipinski definition) is 1. The minimum absolute atomic E-state index is 0.0369. The van der Waals surface area contributed by atoms with Crippen LogP contribution < -0.4 is 5.32 Å². The average Bonchev–Trinajstić information content (AvgIpc) is 3.24. The Balaban J connectivity index is 1.35. The Kier molecular flexibility index (Phi) is 6.32. The molecule has 1 aliphatic rings. The van der Waals surface area contributed by atoms with E-state index >= 15 is 0 Å². The monoisotopic (exact) mass is 472 g/mol. The van der Waals surface area contributed by atoms with E-state index in [4.69, 9.17) is 11.6 Å². The molecule has 1 saturated heterocycles. The Bertz CT molecular complexity index is 1320. The summed E-state index contributed by atoms with van der Waals surface area (Å²) in [4.78, 5) is 32.4. The molecule has 0 aliphatic carbocycles. The number of nitrogens with one attached hydrogen (secondary N) is 1. The zero-order chi connectivity index (χ0) is 23.5. The number of amides is 2. The smallest absolute Gasteiger partial charge is 0.256 e. The van der Waals surface area contributed by atoms with Gasteiger partial charge in [0.1, 0.15) is 5.82 Å². The first kappa shape index (κ1) is 22.2. The van der Waals surface area contributed by atoms with Gasteiger partial charge in [0.15, 0.2) is 0 Å². The molecular formula is C27H25ClN4O2. The number of benzene rings is 2. The number of likely N-dealkylation sites (tertiary alicyclic amines) is 1. The Labute approximate surface area is 203 Å². The molecule has 0 spiro atoms. The maximum absolute atomic E-state index is 13.6. The summed E-state index contributed by atoms with van der Waals surface area (Å²) >= 11 is 5.88. The molecular weight excluding hydrogens is 448 g/mol. The Hall–Kier alpha value is -3.64. The SMILES string of the molecule is O=C(Nc1ccc(Cl)cn1)C1CCCN(C(=O)c2cn(Cc3ccccc3)c3ccccc23)C1. The number of hydrogen-bond acceptors (Lipinski definition) is 3. The summed E-state index contributed by atoms with van der Waals surface area (Å²) in [6.45, 7) is 1.71. The molecule has 172 valence electrons. The lowest BCUT2D eigenvalue weighted by molar-refractivity contribution is -0.121. The lowest BCUT2D eigenvalue weighted by Crippen LogP contribution is -2.43. The molecule has 7 heteroatoms. The fraction of sp³-hybridized carbons (Fsp3) is 0.222. The molecule has 4 aromatic rings. The second-order valence-electron chi connectivity index (χ2n) is 8.61. The second-order valence-corrected chi connectivity index (χ2v) is 9.05. The molecule has 34 heavy (non-hydrogen) atoms. The van der Waals surface area contributed by atoms with Crippen molar-refractivity contribution in [2.75, 3.05) is 18.4 Å². The zero-order valence-corrected chi connectivity index (χ0v) is 19.4. The van der Waals surface area contributed by atoms with Gasteiger partial charge < -0.3 is 14.8 Å². The Morgan fingerprint density at radius 1 is 1.03 bits per heavy atom. The minimum Gasteiger partial charge on any atom is -0.342 e. The van der Waals surface area contributed by atoms with Crippen LogP contribution in [-0.4, -0.2) is 39.4 Å². The summed E-state index contributed by atoms with van der Waals surface area (Å²) in [5.41, 5.74) is 2.87. The van der Waals surface area contributed by atoms with E-state index in [9.17, 15) is 9.59 Å². The van der Waals surface area contributed by atoms with E-state index in [1.165, 1.54) is 11.8 Å². The Morgan fingerprint density at radius 2 is 1.82 bits per heavy atom. The van der Waals surface area contributed by atoms with Crippen LogP contribution in [0.4, 0.5) is 5.82 Å². The summed E-state index contributed by atoms with van der Waals surface area (Å²) in [6.07, 6.45) is 4.96. The maximum atomic E-state index is 13.6. The third-order valence-corrected chi connectivity index (χ3v) is 6.50. The molecule has 1 fully saturated rings. The third-order valence-electron chi connectivity index (χ3n) is 6.27. The molecule has 2 aromatic carbocycles. The first-order valence-corrected chi connectivity index (χ1v) is 11.8. The quantitative estimate of drug-likeness (QED) is 0.432. The number of para-hydroxylation sites is 1. The van der Waals surface area contributed by atoms with Gasteiger partial charge in [-0.1, -0.05) is 60.1 Å². The predicted octanol–water partition coefficient (Wildman–Crippen LogP) is 5.23. The molecule has 2 aromatic heterocycles. The number of nitrogens with zero attached hydrogens (tertiary/aromatic N) is 3. The van der Waals surface area contributed by atoms with Crippen LogP contribution in [0.5, 0.6) is 0 Å². The van der Waals surface area contributed by atoms with Gasteiger partial charge in [0.25, 0.3) is 5.91 Å². The van der Waals surface area contributed by atoms with Gasteiger partial charge in [0.05, 0.1) is 16.5 Å². The second kappa shape index (κ2) is 9.69. The van der Waals surface area contributed by atoms with Crippen LogP contribution in [0.2, 0.25) is 5.02 Å². The third kappa shape index (κ3) is 4.68. The zero-order valence-electron chi connectivity index (χ0n) is 18.7. The van der Waals surface area contributed by atoms with Gasteiger partial charge in [-0.05, 0) is 36.6 Å². The van der Waals surface area contributed by atoms with Crippen molar-refractivity contribution in [2.45, 2.75) is 19.4 Å². The summed E-state index contributed by atoms with van der Waals surface area (Å²) in [6, 6.07) is 21.5. The highest BCUT2D eigenvalue weighted by atomic mass is 35.5. The summed E-state index contributed by atoms with van der Waals surface area (Å²) in [7, 11) is 0. The summed E-state index contributed by atoms with van der Waals surface area (Å²) in [5.74, 6) is 0.0126. The molecule has 1 atom stereocenters. The van der Waals surface area contributed by atoms with Crippen molar-refractivity contribution in [3.05, 3.63) is 95.3 Å². The molecule has 1 aliphatic heterocycles. The van der Waals surface area contributed by atoms with Crippen LogP contribution in [0.1, 0.15) is 28.8 Å². The van der Waals surface area contributed by atoms with E-state index in [1.54, 1.807) is 17.0 Å². The van der Waals surface area contributed by atoms with Gasteiger partial charge in [0.2, 0.25) is 5.91 Å². The van der Waals surface area contributed by atoms with Gasteiger partial charge in [-0.15, -0.1) is 0 Å². The van der Waals surface area contributed by atoms with E-state index in [-0.39, 0.29) is 17.7 Å². The number of pyridine rings is 1. The van der Waals surface area contributed by atoms with Crippen LogP contribution in [0.3, 0.4) is 0 Å². The lowest BCUT2D eigenvalue weighted by Gasteiger charge is -2.32. The molecule has 2 amide bonds. The number of rotatable bonds is 5. The fourth-order valence-electron chi connectivity index (χ4n) is 4.55. The first-order chi connectivity index (χ1) is 16.6. The van der Waals surface area contributed by atoms with E-state index < -0.39 is 0 Å². The maximum Gasteiger partial charge on any atom is 0.256 e. The van der Waals surface area contributed by atoms with E-state index in [2.05, 4.69) is 27.0 Å². The van der Waals surface area contributed by atoms with E-state index in [0.717, 1.165) is 23.7 Å². The number of halogens is 1. The largest absolute Gasteiger partial charge is 0.342 e. The molecule has 0 radical (unpaired) electrons. The highest BCUT2D eigenvalue weighted by Gasteiger charge is 2.30. The molecule has 6 nitrogen and oxygen atoms in total. The normalized spacial score (nSPS) is 15.9. The molecule has 5 rings (SSSR count). The number of anilines is 1. The van der Waals surface area contributed by atoms with Gasteiger partial charge in [-0.25, -0.2) is 4.98 Å². The molecule has 0 saturated carbocycles. The highest BCUT2D eigenvalue weighted by Crippen LogP contribution is 2.26. The topological polar surface area (TPSA) is 67.2 Å². The van der Waals surface area contributed by atoms with Crippen LogP contribution in [0.25, 0.3) is 10.9 Å². The van der Waals surface area contributed by atoms with Gasteiger partial charge in [-0.3, -0.25) is 9.59 Å². The predicted molar refractivity (Wildman–Crippen MR) is 134 cm³/mol. The van der Waals surface area contributed by atoms with Crippen molar-refractivity contribution in [1.29, 1.82) is 0 Å². The molecule has 0 bridgehead atoms. The Morgan fingerprint density at radius 3 is 2.62 bits per heavy atom. The summed E-state index contributed by atoms with van der Waals surface area (Å²) < 4.78 is 2.12. The molecule has 3 heterocycles. The minimum atomic E-state index is -0.284. The fourth-order valence-corrected chi connectivity index (χ4v) is 4.66. The van der Waals surface area contributed by atoms with Crippen molar-refractivity contribution in [3.8, 4) is 0 Å². The highest BCUT2D eigenvalue weighted by molar-refractivity contribution is 6.30. The van der Waals surface area contributed by atoms with Crippen molar-refractivity contribution in [1.82, 2.24) is 14.5 Å². The first-order valence-electron chi connectivity index (χ1n) is 11.4. The van der Waals surface area contributed by atoms with E-state index in [0.29, 0.717) is 36.0 Å². The number of fused-ring (bicyclic) bond motifs is 1. The van der Waals surface area contributed by atoms with E-state index in [1.807, 2.05) is 48.7 Å². The van der Waals surface area contributed by atoms with Crippen LogP contribution in [-0.2, 0) is 11.3 Å². The number of piperidine rings is 1. The molecule has 1 unspecified atom stereocenters. The van der Waals surface area contributed by atoms with Crippen molar-refractivity contribution >= 4 is 40.1 Å².